The van der Waals surface area contributed by atoms with Gasteiger partial charge in [-0.15, -0.1) is 0 Å². The molecular formula is C15H16N4. The standard InChI is InChI=1S/C15H16N4/c1-10(2)13-6-4-5-7-14(13)19-15-17-11(3)8-12(9-16)18-15/h4-8,10H,1-3H3,(H,17,18,19). The Hall–Kier alpha value is -2.41. The molecule has 0 unspecified atom stereocenters. The first-order valence-corrected chi connectivity index (χ1v) is 6.22. The third-order valence-electron chi connectivity index (χ3n) is 2.80. The lowest BCUT2D eigenvalue weighted by Gasteiger charge is -2.13. The van der Waals surface area contributed by atoms with Gasteiger partial charge in [0, 0.05) is 11.4 Å². The van der Waals surface area contributed by atoms with Crippen LogP contribution in [0.25, 0.3) is 0 Å². The molecule has 4 nitrogen and oxygen atoms in total. The minimum absolute atomic E-state index is 0.372. The zero-order chi connectivity index (χ0) is 13.8. The van der Waals surface area contributed by atoms with Gasteiger partial charge in [-0.2, -0.15) is 5.26 Å². The van der Waals surface area contributed by atoms with Gasteiger partial charge in [0.2, 0.25) is 5.95 Å². The summed E-state index contributed by atoms with van der Waals surface area (Å²) in [4.78, 5) is 8.47. The SMILES string of the molecule is Cc1cc(C#N)nc(Nc2ccccc2C(C)C)n1. The first-order chi connectivity index (χ1) is 9.10. The van der Waals surface area contributed by atoms with E-state index in [2.05, 4.69) is 35.2 Å². The monoisotopic (exact) mass is 252 g/mol. The number of benzene rings is 1. The Morgan fingerprint density at radius 1 is 1.21 bits per heavy atom. The van der Waals surface area contributed by atoms with Crippen molar-refractivity contribution in [2.75, 3.05) is 5.32 Å². The number of hydrogen-bond donors (Lipinski definition) is 1. The van der Waals surface area contributed by atoms with Crippen LogP contribution in [-0.4, -0.2) is 9.97 Å². The van der Waals surface area contributed by atoms with Gasteiger partial charge in [-0.1, -0.05) is 32.0 Å². The number of rotatable bonds is 3. The fourth-order valence-electron chi connectivity index (χ4n) is 1.92. The van der Waals surface area contributed by atoms with E-state index in [0.29, 0.717) is 17.6 Å². The van der Waals surface area contributed by atoms with Gasteiger partial charge < -0.3 is 5.32 Å². The highest BCUT2D eigenvalue weighted by molar-refractivity contribution is 5.59. The van der Waals surface area contributed by atoms with Gasteiger partial charge in [0.25, 0.3) is 0 Å². The van der Waals surface area contributed by atoms with Crippen LogP contribution in [0.2, 0.25) is 0 Å². The average Bonchev–Trinajstić information content (AvgIpc) is 2.38. The van der Waals surface area contributed by atoms with Crippen LogP contribution < -0.4 is 5.32 Å². The van der Waals surface area contributed by atoms with E-state index >= 15 is 0 Å². The van der Waals surface area contributed by atoms with Gasteiger partial charge in [0.1, 0.15) is 11.8 Å². The molecule has 0 bridgehead atoms. The summed E-state index contributed by atoms with van der Waals surface area (Å²) in [7, 11) is 0. The lowest BCUT2D eigenvalue weighted by Crippen LogP contribution is -2.03. The molecule has 0 aliphatic rings. The van der Waals surface area contributed by atoms with Crippen molar-refractivity contribution in [3.05, 3.63) is 47.3 Å². The molecule has 19 heavy (non-hydrogen) atoms. The zero-order valence-corrected chi connectivity index (χ0v) is 11.3. The summed E-state index contributed by atoms with van der Waals surface area (Å²) >= 11 is 0. The van der Waals surface area contributed by atoms with Crippen LogP contribution in [0, 0.1) is 18.3 Å². The van der Waals surface area contributed by atoms with E-state index in [4.69, 9.17) is 5.26 Å². The molecule has 1 aromatic carbocycles. The molecule has 0 radical (unpaired) electrons. The molecular weight excluding hydrogens is 236 g/mol. The topological polar surface area (TPSA) is 61.6 Å². The van der Waals surface area contributed by atoms with Gasteiger partial charge in [-0.3, -0.25) is 0 Å². The van der Waals surface area contributed by atoms with E-state index in [1.807, 2.05) is 31.2 Å². The summed E-state index contributed by atoms with van der Waals surface area (Å²) in [5, 5.41) is 12.1. The number of nitriles is 1. The Labute approximate surface area is 113 Å². The quantitative estimate of drug-likeness (QED) is 0.907. The van der Waals surface area contributed by atoms with E-state index in [0.717, 1.165) is 11.4 Å². The van der Waals surface area contributed by atoms with E-state index in [1.54, 1.807) is 6.07 Å². The van der Waals surface area contributed by atoms with Crippen molar-refractivity contribution in [2.24, 2.45) is 0 Å². The van der Waals surface area contributed by atoms with Crippen molar-refractivity contribution in [3.63, 3.8) is 0 Å². The third-order valence-corrected chi connectivity index (χ3v) is 2.80. The summed E-state index contributed by atoms with van der Waals surface area (Å²) in [5.41, 5.74) is 3.33. The highest BCUT2D eigenvalue weighted by atomic mass is 15.1. The Balaban J connectivity index is 2.37. The summed E-state index contributed by atoms with van der Waals surface area (Å²) in [6.07, 6.45) is 0. The Kier molecular flexibility index (Phi) is 3.76. The first-order valence-electron chi connectivity index (χ1n) is 6.22. The number of anilines is 2. The number of aryl methyl sites for hydroxylation is 1. The fourth-order valence-corrected chi connectivity index (χ4v) is 1.92. The van der Waals surface area contributed by atoms with Gasteiger partial charge in [-0.25, -0.2) is 9.97 Å². The first kappa shape index (κ1) is 13.0. The number of hydrogen-bond acceptors (Lipinski definition) is 4. The lowest BCUT2D eigenvalue weighted by molar-refractivity contribution is 0.868. The minimum Gasteiger partial charge on any atom is -0.324 e. The lowest BCUT2D eigenvalue weighted by atomic mass is 10.0. The average molecular weight is 252 g/mol. The normalized spacial score (nSPS) is 10.3. The summed E-state index contributed by atoms with van der Waals surface area (Å²) in [6, 6.07) is 11.8. The highest BCUT2D eigenvalue weighted by Gasteiger charge is 2.08. The molecule has 0 aliphatic carbocycles. The van der Waals surface area contributed by atoms with Gasteiger partial charge in [-0.05, 0) is 30.5 Å². The predicted molar refractivity (Wildman–Crippen MR) is 75.3 cm³/mol. The zero-order valence-electron chi connectivity index (χ0n) is 11.3. The molecule has 96 valence electrons. The molecule has 0 amide bonds. The van der Waals surface area contributed by atoms with E-state index in [9.17, 15) is 0 Å². The minimum atomic E-state index is 0.372. The van der Waals surface area contributed by atoms with Crippen LogP contribution in [0.15, 0.2) is 30.3 Å². The Morgan fingerprint density at radius 3 is 2.63 bits per heavy atom. The molecule has 0 spiro atoms. The largest absolute Gasteiger partial charge is 0.324 e. The van der Waals surface area contributed by atoms with E-state index in [-0.39, 0.29) is 0 Å². The predicted octanol–water partition coefficient (Wildman–Crippen LogP) is 3.52. The molecule has 0 fully saturated rings. The van der Waals surface area contributed by atoms with Crippen molar-refractivity contribution in [3.8, 4) is 6.07 Å². The molecule has 2 aromatic rings. The maximum absolute atomic E-state index is 8.93. The molecule has 4 heteroatoms. The van der Waals surface area contributed by atoms with Crippen LogP contribution in [0.4, 0.5) is 11.6 Å². The fraction of sp³-hybridized carbons (Fsp3) is 0.267. The van der Waals surface area contributed by atoms with Crippen LogP contribution in [0.5, 0.6) is 0 Å². The second-order valence-electron chi connectivity index (χ2n) is 4.70. The van der Waals surface area contributed by atoms with E-state index < -0.39 is 0 Å². The van der Waals surface area contributed by atoms with Crippen molar-refractivity contribution >= 4 is 11.6 Å². The van der Waals surface area contributed by atoms with Crippen molar-refractivity contribution < 1.29 is 0 Å². The van der Waals surface area contributed by atoms with Crippen LogP contribution in [0.3, 0.4) is 0 Å². The summed E-state index contributed by atoms with van der Waals surface area (Å²) in [5.74, 6) is 0.869. The van der Waals surface area contributed by atoms with Gasteiger partial charge in [0.15, 0.2) is 0 Å². The number of nitrogens with zero attached hydrogens (tertiary/aromatic N) is 3. The van der Waals surface area contributed by atoms with Crippen LogP contribution in [-0.2, 0) is 0 Å². The molecule has 0 atom stereocenters. The van der Waals surface area contributed by atoms with Crippen molar-refractivity contribution in [1.82, 2.24) is 9.97 Å². The van der Waals surface area contributed by atoms with Gasteiger partial charge in [0.05, 0.1) is 0 Å². The second kappa shape index (κ2) is 5.49. The number of aromatic nitrogens is 2. The molecule has 2 rings (SSSR count). The second-order valence-corrected chi connectivity index (χ2v) is 4.70. The van der Waals surface area contributed by atoms with Crippen LogP contribution in [0.1, 0.15) is 36.7 Å². The summed E-state index contributed by atoms with van der Waals surface area (Å²) < 4.78 is 0. The van der Waals surface area contributed by atoms with E-state index in [1.165, 1.54) is 5.56 Å². The molecule has 1 N–H and O–H groups in total. The maximum atomic E-state index is 8.93. The highest BCUT2D eigenvalue weighted by Crippen LogP contribution is 2.25. The Bertz CT molecular complexity index is 626. The summed E-state index contributed by atoms with van der Waals surface area (Å²) in [6.45, 7) is 6.12. The van der Waals surface area contributed by atoms with Gasteiger partial charge >= 0.3 is 0 Å². The maximum Gasteiger partial charge on any atom is 0.228 e. The number of nitrogens with one attached hydrogen (secondary N) is 1. The third kappa shape index (κ3) is 3.08. The van der Waals surface area contributed by atoms with Crippen molar-refractivity contribution in [2.45, 2.75) is 26.7 Å². The smallest absolute Gasteiger partial charge is 0.228 e. The molecule has 0 saturated heterocycles. The number of para-hydroxylation sites is 1. The van der Waals surface area contributed by atoms with Crippen LogP contribution >= 0.6 is 0 Å². The molecule has 0 saturated carbocycles. The Morgan fingerprint density at radius 2 is 1.95 bits per heavy atom. The molecule has 1 aromatic heterocycles. The van der Waals surface area contributed by atoms with Crippen molar-refractivity contribution in [1.29, 1.82) is 5.26 Å². The molecule has 0 aliphatic heterocycles. The molecule has 1 heterocycles.